The number of amides is 2. The van der Waals surface area contributed by atoms with E-state index in [9.17, 15) is 9.59 Å². The molecule has 1 saturated carbocycles. The van der Waals surface area contributed by atoms with Gasteiger partial charge in [0.25, 0.3) is 0 Å². The summed E-state index contributed by atoms with van der Waals surface area (Å²) in [7, 11) is 5.50. The number of nitrogens with zero attached hydrogens (tertiary/aromatic N) is 5. The zero-order valence-corrected chi connectivity index (χ0v) is 25.2. The molecule has 2 amide bonds. The lowest BCUT2D eigenvalue weighted by Crippen LogP contribution is -2.49. The van der Waals surface area contributed by atoms with Crippen LogP contribution in [-0.4, -0.2) is 78.0 Å². The minimum Gasteiger partial charge on any atom is -0.477 e. The number of hydrogen-bond acceptors (Lipinski definition) is 8. The van der Waals surface area contributed by atoms with Crippen LogP contribution in [0.3, 0.4) is 0 Å². The van der Waals surface area contributed by atoms with E-state index in [1.54, 1.807) is 50.5 Å². The minimum atomic E-state index is -0.584. The van der Waals surface area contributed by atoms with E-state index in [1.807, 2.05) is 25.9 Å². The van der Waals surface area contributed by atoms with E-state index in [-0.39, 0.29) is 23.8 Å². The monoisotopic (exact) mass is 571 g/mol. The topological polar surface area (TPSA) is 123 Å². The van der Waals surface area contributed by atoms with E-state index in [0.29, 0.717) is 36.1 Å². The number of nitrogens with one attached hydrogen (secondary N) is 2. The van der Waals surface area contributed by atoms with Crippen molar-refractivity contribution in [3.05, 3.63) is 53.7 Å². The molecule has 3 rings (SSSR count). The maximum atomic E-state index is 12.9. The SMILES string of the molecule is CCCOc1nc(Nc2ccc(C#N)cc2)ncc1C#C[C@@H]1CCC[C@H](NC(=O)[C@H](C)N(C)C(=O)/C=C/CN(C)C)C1. The fraction of sp³-hybridized carbons (Fsp3) is 0.469. The summed E-state index contributed by atoms with van der Waals surface area (Å²) in [5, 5.41) is 15.3. The van der Waals surface area contributed by atoms with E-state index < -0.39 is 6.04 Å². The number of ether oxygens (including phenoxy) is 1. The minimum absolute atomic E-state index is 0.00755. The van der Waals surface area contributed by atoms with Crippen LogP contribution in [0, 0.1) is 29.1 Å². The average molecular weight is 572 g/mol. The first kappa shape index (κ1) is 32.1. The Hall–Kier alpha value is -4.41. The number of anilines is 2. The van der Waals surface area contributed by atoms with Crippen molar-refractivity contribution >= 4 is 23.5 Å². The molecule has 0 bridgehead atoms. The van der Waals surface area contributed by atoms with Crippen LogP contribution in [-0.2, 0) is 9.59 Å². The largest absolute Gasteiger partial charge is 0.477 e. The molecule has 1 heterocycles. The van der Waals surface area contributed by atoms with E-state index in [4.69, 9.17) is 10.00 Å². The summed E-state index contributed by atoms with van der Waals surface area (Å²) in [5.41, 5.74) is 1.94. The summed E-state index contributed by atoms with van der Waals surface area (Å²) in [6.07, 6.45) is 9.27. The molecule has 0 spiro atoms. The zero-order valence-electron chi connectivity index (χ0n) is 25.2. The van der Waals surface area contributed by atoms with E-state index in [1.165, 1.54) is 11.0 Å². The molecule has 10 heteroatoms. The van der Waals surface area contributed by atoms with Gasteiger partial charge in [-0.15, -0.1) is 0 Å². The molecule has 10 nitrogen and oxygen atoms in total. The molecule has 1 fully saturated rings. The van der Waals surface area contributed by atoms with Gasteiger partial charge in [-0.1, -0.05) is 31.3 Å². The molecule has 1 aromatic heterocycles. The summed E-state index contributed by atoms with van der Waals surface area (Å²) >= 11 is 0. The fourth-order valence-electron chi connectivity index (χ4n) is 4.38. The van der Waals surface area contributed by atoms with Crippen molar-refractivity contribution in [2.24, 2.45) is 5.92 Å². The maximum Gasteiger partial charge on any atom is 0.246 e. The Morgan fingerprint density at radius 2 is 1.98 bits per heavy atom. The van der Waals surface area contributed by atoms with E-state index in [2.05, 4.69) is 38.5 Å². The molecule has 1 aromatic carbocycles. The van der Waals surface area contributed by atoms with Gasteiger partial charge in [0, 0.05) is 37.3 Å². The molecule has 0 aliphatic heterocycles. The zero-order chi connectivity index (χ0) is 30.5. The number of hydrogen-bond donors (Lipinski definition) is 2. The number of aromatic nitrogens is 2. The molecule has 1 aliphatic carbocycles. The highest BCUT2D eigenvalue weighted by Crippen LogP contribution is 2.25. The third-order valence-electron chi connectivity index (χ3n) is 6.94. The maximum absolute atomic E-state index is 12.9. The highest BCUT2D eigenvalue weighted by molar-refractivity contribution is 5.92. The molecule has 0 radical (unpaired) electrons. The average Bonchev–Trinajstić information content (AvgIpc) is 2.99. The van der Waals surface area contributed by atoms with Gasteiger partial charge < -0.3 is 25.2 Å². The van der Waals surface area contributed by atoms with Gasteiger partial charge in [0.05, 0.1) is 24.4 Å². The molecule has 0 saturated heterocycles. The van der Waals surface area contributed by atoms with Crippen LogP contribution < -0.4 is 15.4 Å². The van der Waals surface area contributed by atoms with Crippen molar-refractivity contribution in [1.82, 2.24) is 25.1 Å². The predicted molar refractivity (Wildman–Crippen MR) is 163 cm³/mol. The Kier molecular flexibility index (Phi) is 12.3. The molecule has 2 aromatic rings. The second-order valence-corrected chi connectivity index (χ2v) is 10.7. The van der Waals surface area contributed by atoms with Crippen LogP contribution in [0.15, 0.2) is 42.6 Å². The van der Waals surface area contributed by atoms with Crippen LogP contribution in [0.4, 0.5) is 11.6 Å². The Labute approximate surface area is 249 Å². The van der Waals surface area contributed by atoms with Crippen LogP contribution >= 0.6 is 0 Å². The fourth-order valence-corrected chi connectivity index (χ4v) is 4.38. The Morgan fingerprint density at radius 1 is 1.21 bits per heavy atom. The number of rotatable bonds is 11. The van der Waals surface area contributed by atoms with Crippen molar-refractivity contribution in [3.63, 3.8) is 0 Å². The summed E-state index contributed by atoms with van der Waals surface area (Å²) in [4.78, 5) is 37.8. The third-order valence-corrected chi connectivity index (χ3v) is 6.94. The highest BCUT2D eigenvalue weighted by atomic mass is 16.5. The van der Waals surface area contributed by atoms with Gasteiger partial charge in [-0.25, -0.2) is 4.98 Å². The standard InChI is InChI=1S/C32H41N7O3/c1-6-19-42-31-26(22-34-32(37-31)36-27-16-13-25(21-33)14-17-27)15-12-24-9-7-10-28(20-24)35-30(41)23(2)39(5)29(40)11-8-18-38(3)4/h8,11,13-14,16-17,22-24,28H,6-7,9-10,18-20H2,1-5H3,(H,35,41)(H,34,36,37)/b11-8+/t23-,24-,28-/m0/s1. The second kappa shape index (κ2) is 16.1. The molecule has 1 aliphatic rings. The summed E-state index contributed by atoms with van der Waals surface area (Å²) in [6, 6.07) is 8.54. The van der Waals surface area contributed by atoms with Crippen molar-refractivity contribution in [3.8, 4) is 23.8 Å². The molecule has 42 heavy (non-hydrogen) atoms. The van der Waals surface area contributed by atoms with Gasteiger partial charge in [0.15, 0.2) is 0 Å². The first-order valence-corrected chi connectivity index (χ1v) is 14.4. The van der Waals surface area contributed by atoms with Crippen molar-refractivity contribution in [1.29, 1.82) is 5.26 Å². The lowest BCUT2D eigenvalue weighted by Gasteiger charge is -2.30. The first-order valence-electron chi connectivity index (χ1n) is 14.4. The number of carbonyl (C=O) groups is 2. The number of benzene rings is 1. The Morgan fingerprint density at radius 3 is 2.67 bits per heavy atom. The van der Waals surface area contributed by atoms with E-state index in [0.717, 1.165) is 37.8 Å². The number of carbonyl (C=O) groups excluding carboxylic acids is 2. The number of likely N-dealkylation sites (N-methyl/N-ethyl adjacent to an activating group) is 2. The predicted octanol–water partition coefficient (Wildman–Crippen LogP) is 3.87. The van der Waals surface area contributed by atoms with Crippen LogP contribution in [0.25, 0.3) is 0 Å². The molecular weight excluding hydrogens is 530 g/mol. The van der Waals surface area contributed by atoms with Gasteiger partial charge >= 0.3 is 0 Å². The van der Waals surface area contributed by atoms with Gasteiger partial charge in [-0.05, 0) is 71.0 Å². The van der Waals surface area contributed by atoms with Crippen molar-refractivity contribution < 1.29 is 14.3 Å². The van der Waals surface area contributed by atoms with Crippen LogP contribution in [0.5, 0.6) is 5.88 Å². The number of nitriles is 1. The highest BCUT2D eigenvalue weighted by Gasteiger charge is 2.26. The smallest absolute Gasteiger partial charge is 0.246 e. The summed E-state index contributed by atoms with van der Waals surface area (Å²) in [5.74, 6) is 7.09. The molecule has 0 unspecified atom stereocenters. The Balaban J connectivity index is 1.63. The molecule has 222 valence electrons. The van der Waals surface area contributed by atoms with Gasteiger partial charge in [-0.2, -0.15) is 10.2 Å². The Bertz CT molecular complexity index is 1340. The first-order chi connectivity index (χ1) is 20.2. The van der Waals surface area contributed by atoms with Crippen LogP contribution in [0.2, 0.25) is 0 Å². The van der Waals surface area contributed by atoms with Gasteiger partial charge in [-0.3, -0.25) is 9.59 Å². The second-order valence-electron chi connectivity index (χ2n) is 10.7. The summed E-state index contributed by atoms with van der Waals surface area (Å²) < 4.78 is 5.89. The van der Waals surface area contributed by atoms with E-state index >= 15 is 0 Å². The van der Waals surface area contributed by atoms with Crippen LogP contribution in [0.1, 0.15) is 57.1 Å². The quantitative estimate of drug-likeness (QED) is 0.308. The normalized spacial score (nSPS) is 17.1. The summed E-state index contributed by atoms with van der Waals surface area (Å²) in [6.45, 7) is 4.92. The third kappa shape index (κ3) is 9.90. The van der Waals surface area contributed by atoms with Gasteiger partial charge in [0.1, 0.15) is 11.6 Å². The lowest BCUT2D eigenvalue weighted by atomic mass is 9.86. The van der Waals surface area contributed by atoms with Crippen molar-refractivity contribution in [2.45, 2.75) is 58.0 Å². The molecule has 3 atom stereocenters. The molecule has 2 N–H and O–H groups in total. The van der Waals surface area contributed by atoms with Gasteiger partial charge in [0.2, 0.25) is 23.6 Å². The lowest BCUT2D eigenvalue weighted by molar-refractivity contribution is -0.135. The van der Waals surface area contributed by atoms with Crippen molar-refractivity contribution in [2.75, 3.05) is 39.6 Å². The molecular formula is C32H41N7O3.